The Balaban J connectivity index is 2.94. The van der Waals surface area contributed by atoms with Crippen LogP contribution in [0.4, 0.5) is 0 Å². The minimum Gasteiger partial charge on any atom is -0.303 e. The van der Waals surface area contributed by atoms with E-state index < -0.39 is 11.0 Å². The van der Waals surface area contributed by atoms with Crippen LogP contribution in [0.2, 0.25) is 0 Å². The Morgan fingerprint density at radius 2 is 1.62 bits per heavy atom. The van der Waals surface area contributed by atoms with Crippen molar-refractivity contribution in [2.45, 2.75) is 105 Å². The fourth-order valence-corrected chi connectivity index (χ4v) is 4.56. The molecule has 4 heteroatoms. The first-order valence-corrected chi connectivity index (χ1v) is 10.4. The van der Waals surface area contributed by atoms with Crippen LogP contribution in [0.1, 0.15) is 99.3 Å². The van der Waals surface area contributed by atoms with Crippen molar-refractivity contribution >= 4 is 18.1 Å². The summed E-state index contributed by atoms with van der Waals surface area (Å²) < 4.78 is 0. The van der Waals surface area contributed by atoms with Gasteiger partial charge in [-0.2, -0.15) is 0 Å². The maximum absolute atomic E-state index is 13.2. The van der Waals surface area contributed by atoms with Crippen molar-refractivity contribution in [2.75, 3.05) is 0 Å². The van der Waals surface area contributed by atoms with E-state index in [4.69, 9.17) is 0 Å². The van der Waals surface area contributed by atoms with Crippen molar-refractivity contribution in [3.05, 3.63) is 0 Å². The van der Waals surface area contributed by atoms with Gasteiger partial charge in [0, 0.05) is 17.4 Å². The predicted molar refractivity (Wildman–Crippen MR) is 106 cm³/mol. The Kier molecular flexibility index (Phi) is 8.49. The number of carbonyl (C=O) groups excluding carboxylic acids is 3. The summed E-state index contributed by atoms with van der Waals surface area (Å²) in [6.45, 7) is 11.9. The minimum absolute atomic E-state index is 0.0145. The maximum Gasteiger partial charge on any atom is 0.233 e. The number of hydrogen-bond acceptors (Lipinski definition) is 3. The molecule has 1 heterocycles. The smallest absolute Gasteiger partial charge is 0.233 e. The summed E-state index contributed by atoms with van der Waals surface area (Å²) in [6, 6.07) is 0. The molecule has 0 spiro atoms. The van der Waals surface area contributed by atoms with Crippen molar-refractivity contribution in [1.29, 1.82) is 0 Å². The van der Waals surface area contributed by atoms with Crippen LogP contribution in [0.3, 0.4) is 0 Å². The summed E-state index contributed by atoms with van der Waals surface area (Å²) in [5.41, 5.74) is -1.18. The quantitative estimate of drug-likeness (QED) is 0.273. The third kappa shape index (κ3) is 5.92. The van der Waals surface area contributed by atoms with E-state index >= 15 is 0 Å². The van der Waals surface area contributed by atoms with E-state index in [9.17, 15) is 14.4 Å². The van der Waals surface area contributed by atoms with Gasteiger partial charge < -0.3 is 4.79 Å². The second kappa shape index (κ2) is 9.66. The molecule has 1 saturated heterocycles. The molecule has 0 aromatic rings. The van der Waals surface area contributed by atoms with E-state index in [0.29, 0.717) is 18.8 Å². The molecule has 26 heavy (non-hydrogen) atoms. The largest absolute Gasteiger partial charge is 0.303 e. The first-order chi connectivity index (χ1) is 12.1. The van der Waals surface area contributed by atoms with Gasteiger partial charge in [0.05, 0.1) is 5.92 Å². The lowest BCUT2D eigenvalue weighted by Crippen LogP contribution is -2.50. The van der Waals surface area contributed by atoms with Crippen LogP contribution in [0.25, 0.3) is 0 Å². The molecule has 4 nitrogen and oxygen atoms in total. The highest BCUT2D eigenvalue weighted by molar-refractivity contribution is 6.04. The summed E-state index contributed by atoms with van der Waals surface area (Å²) in [5.74, 6) is 0.0466. The highest BCUT2D eigenvalue weighted by Crippen LogP contribution is 2.39. The first-order valence-electron chi connectivity index (χ1n) is 10.4. The summed E-state index contributed by atoms with van der Waals surface area (Å²) in [4.78, 5) is 38.7. The van der Waals surface area contributed by atoms with E-state index in [1.54, 1.807) is 0 Å². The first kappa shape index (κ1) is 22.9. The molecule has 0 aliphatic carbocycles. The molecule has 2 atom stereocenters. The Labute approximate surface area is 160 Å². The third-order valence-corrected chi connectivity index (χ3v) is 5.67. The van der Waals surface area contributed by atoms with Crippen LogP contribution in [-0.4, -0.2) is 28.5 Å². The van der Waals surface area contributed by atoms with Gasteiger partial charge in [-0.25, -0.2) is 0 Å². The van der Waals surface area contributed by atoms with E-state index in [0.717, 1.165) is 44.8 Å². The number of carbonyl (C=O) groups is 3. The van der Waals surface area contributed by atoms with Crippen molar-refractivity contribution in [2.24, 2.45) is 17.3 Å². The molecule has 2 unspecified atom stereocenters. The Morgan fingerprint density at radius 3 is 2.15 bits per heavy atom. The molecular formula is C22H39NO3. The van der Waals surface area contributed by atoms with E-state index in [1.807, 2.05) is 27.7 Å². The number of rotatable bonds is 12. The highest BCUT2D eigenvalue weighted by Gasteiger charge is 2.49. The van der Waals surface area contributed by atoms with E-state index in [-0.39, 0.29) is 17.7 Å². The number of unbranched alkanes of at least 4 members (excludes halogenated alkanes) is 3. The Morgan fingerprint density at radius 1 is 1.04 bits per heavy atom. The monoisotopic (exact) mass is 365 g/mol. The van der Waals surface area contributed by atoms with Crippen LogP contribution in [0, 0.1) is 17.3 Å². The molecule has 1 aliphatic rings. The average Bonchev–Trinajstić information content (AvgIpc) is 2.85. The van der Waals surface area contributed by atoms with Gasteiger partial charge in [0.25, 0.3) is 0 Å². The van der Waals surface area contributed by atoms with Gasteiger partial charge in [-0.1, -0.05) is 59.8 Å². The van der Waals surface area contributed by atoms with Crippen LogP contribution in [0.5, 0.6) is 0 Å². The summed E-state index contributed by atoms with van der Waals surface area (Å²) in [5, 5.41) is 0. The standard InChI is InChI=1S/C22H39NO3/c1-7-9-11-13-17(12-10-8-2)18-14-19(25)23(20(18)26)22(5,6)15-21(3,4)16-24/h16-18H,7-15H2,1-6H3. The van der Waals surface area contributed by atoms with Crippen molar-refractivity contribution in [3.63, 3.8) is 0 Å². The number of nitrogens with zero attached hydrogens (tertiary/aromatic N) is 1. The normalized spacial score (nSPS) is 19.9. The summed E-state index contributed by atoms with van der Waals surface area (Å²) in [7, 11) is 0. The molecule has 1 fully saturated rings. The number of likely N-dealkylation sites (tertiary alicyclic amines) is 1. The van der Waals surface area contributed by atoms with Gasteiger partial charge in [-0.15, -0.1) is 0 Å². The molecule has 0 bridgehead atoms. The lowest BCUT2D eigenvalue weighted by atomic mass is 9.80. The van der Waals surface area contributed by atoms with Gasteiger partial charge in [0.15, 0.2) is 0 Å². The number of imide groups is 1. The van der Waals surface area contributed by atoms with Gasteiger partial charge in [-0.3, -0.25) is 14.5 Å². The molecule has 150 valence electrons. The van der Waals surface area contributed by atoms with Crippen LogP contribution in [-0.2, 0) is 14.4 Å². The fourth-order valence-electron chi connectivity index (χ4n) is 4.56. The zero-order valence-corrected chi connectivity index (χ0v) is 17.8. The third-order valence-electron chi connectivity index (χ3n) is 5.67. The molecule has 2 amide bonds. The van der Waals surface area contributed by atoms with Gasteiger partial charge >= 0.3 is 0 Å². The number of amides is 2. The van der Waals surface area contributed by atoms with Crippen molar-refractivity contribution in [3.8, 4) is 0 Å². The highest BCUT2D eigenvalue weighted by atomic mass is 16.2. The topological polar surface area (TPSA) is 54.5 Å². The SMILES string of the molecule is CCCCCC(CCCC)C1CC(=O)N(C(C)(C)CC(C)(C)C=O)C1=O. The second-order valence-electron chi connectivity index (χ2n) is 9.37. The second-order valence-corrected chi connectivity index (χ2v) is 9.37. The molecule has 0 N–H and O–H groups in total. The zero-order chi connectivity index (χ0) is 20.0. The molecular weight excluding hydrogens is 326 g/mol. The number of hydrogen-bond donors (Lipinski definition) is 0. The van der Waals surface area contributed by atoms with Gasteiger partial charge in [-0.05, 0) is 39.0 Å². The zero-order valence-electron chi connectivity index (χ0n) is 17.8. The summed E-state index contributed by atoms with van der Waals surface area (Å²) in [6.07, 6.45) is 9.50. The average molecular weight is 366 g/mol. The van der Waals surface area contributed by atoms with Crippen LogP contribution in [0.15, 0.2) is 0 Å². The van der Waals surface area contributed by atoms with Crippen LogP contribution < -0.4 is 0 Å². The molecule has 0 aromatic carbocycles. The van der Waals surface area contributed by atoms with Crippen molar-refractivity contribution in [1.82, 2.24) is 4.90 Å². The van der Waals surface area contributed by atoms with E-state index in [2.05, 4.69) is 13.8 Å². The predicted octanol–water partition coefficient (Wildman–Crippen LogP) is 5.14. The summed E-state index contributed by atoms with van der Waals surface area (Å²) >= 11 is 0. The minimum atomic E-state index is -0.633. The number of aldehydes is 1. The molecule has 0 aromatic heterocycles. The lowest BCUT2D eigenvalue weighted by Gasteiger charge is -2.38. The fraction of sp³-hybridized carbons (Fsp3) is 0.864. The van der Waals surface area contributed by atoms with Gasteiger partial charge in [0.2, 0.25) is 11.8 Å². The molecule has 0 radical (unpaired) electrons. The Hall–Kier alpha value is -1.19. The van der Waals surface area contributed by atoms with E-state index in [1.165, 1.54) is 11.3 Å². The van der Waals surface area contributed by atoms with Gasteiger partial charge in [0.1, 0.15) is 6.29 Å². The van der Waals surface area contributed by atoms with Crippen molar-refractivity contribution < 1.29 is 14.4 Å². The lowest BCUT2D eigenvalue weighted by molar-refractivity contribution is -0.147. The Bertz CT molecular complexity index is 496. The molecule has 0 saturated carbocycles. The molecule has 1 rings (SSSR count). The maximum atomic E-state index is 13.2. The molecule has 1 aliphatic heterocycles. The van der Waals surface area contributed by atoms with Crippen LogP contribution >= 0.6 is 0 Å².